The van der Waals surface area contributed by atoms with Crippen molar-refractivity contribution in [2.75, 3.05) is 13.1 Å². The number of rotatable bonds is 13. The van der Waals surface area contributed by atoms with Gasteiger partial charge in [-0.05, 0) is 30.5 Å². The van der Waals surface area contributed by atoms with E-state index in [0.29, 0.717) is 31.4 Å². The Morgan fingerprint density at radius 1 is 0.917 bits per heavy atom. The van der Waals surface area contributed by atoms with Crippen LogP contribution in [-0.4, -0.2) is 48.1 Å². The first kappa shape index (κ1) is 26.3. The van der Waals surface area contributed by atoms with Crippen LogP contribution in [0.15, 0.2) is 65.1 Å². The van der Waals surface area contributed by atoms with Gasteiger partial charge in [-0.15, -0.1) is 0 Å². The van der Waals surface area contributed by atoms with Gasteiger partial charge in [0.1, 0.15) is 18.2 Å². The summed E-state index contributed by atoms with van der Waals surface area (Å²) in [6.45, 7) is 0.156. The van der Waals surface area contributed by atoms with Crippen LogP contribution >= 0.6 is 0 Å². The lowest BCUT2D eigenvalue weighted by molar-refractivity contribution is -0.137. The summed E-state index contributed by atoms with van der Waals surface area (Å²) >= 11 is 0. The maximum Gasteiger partial charge on any atom is 0.407 e. The van der Waals surface area contributed by atoms with Crippen molar-refractivity contribution in [1.29, 1.82) is 0 Å². The fraction of sp³-hybridized carbons (Fsp3) is 0.308. The highest BCUT2D eigenvalue weighted by Crippen LogP contribution is 2.18. The molecule has 0 aliphatic heterocycles. The van der Waals surface area contributed by atoms with E-state index in [2.05, 4.69) is 16.0 Å². The zero-order chi connectivity index (χ0) is 25.8. The third kappa shape index (κ3) is 8.46. The Kier molecular flexibility index (Phi) is 9.87. The Morgan fingerprint density at radius 3 is 2.42 bits per heavy atom. The van der Waals surface area contributed by atoms with Gasteiger partial charge in [0, 0.05) is 18.4 Å². The fourth-order valence-electron chi connectivity index (χ4n) is 3.40. The lowest BCUT2D eigenvalue weighted by Gasteiger charge is -2.18. The van der Waals surface area contributed by atoms with E-state index in [0.717, 1.165) is 10.9 Å². The number of hydrogen-bond acceptors (Lipinski definition) is 6. The van der Waals surface area contributed by atoms with Gasteiger partial charge in [0.25, 0.3) is 5.91 Å². The summed E-state index contributed by atoms with van der Waals surface area (Å²) in [5.74, 6) is -1.93. The van der Waals surface area contributed by atoms with Crippen LogP contribution in [-0.2, 0) is 20.9 Å². The number of furan rings is 1. The second-order valence-corrected chi connectivity index (χ2v) is 8.11. The minimum Gasteiger partial charge on any atom is -0.481 e. The van der Waals surface area contributed by atoms with E-state index >= 15 is 0 Å². The molecule has 1 aromatic heterocycles. The second-order valence-electron chi connectivity index (χ2n) is 8.11. The molecule has 0 spiro atoms. The van der Waals surface area contributed by atoms with Crippen LogP contribution in [0.3, 0.4) is 0 Å². The van der Waals surface area contributed by atoms with Crippen LogP contribution in [0.1, 0.15) is 41.8 Å². The third-order valence-electron chi connectivity index (χ3n) is 5.30. The molecule has 0 saturated heterocycles. The van der Waals surface area contributed by atoms with Crippen molar-refractivity contribution in [3.8, 4) is 0 Å². The van der Waals surface area contributed by atoms with E-state index < -0.39 is 29.9 Å². The molecule has 1 heterocycles. The number of fused-ring (bicyclic) bond motifs is 1. The predicted octanol–water partition coefficient (Wildman–Crippen LogP) is 3.22. The molecule has 0 fully saturated rings. The highest BCUT2D eigenvalue weighted by Gasteiger charge is 2.24. The van der Waals surface area contributed by atoms with Gasteiger partial charge in [-0.3, -0.25) is 14.4 Å². The molecule has 1 atom stereocenters. The second kappa shape index (κ2) is 13.5. The first-order valence-corrected chi connectivity index (χ1v) is 11.7. The van der Waals surface area contributed by atoms with Gasteiger partial charge < -0.3 is 30.2 Å². The quantitative estimate of drug-likeness (QED) is 0.266. The Labute approximate surface area is 208 Å². The van der Waals surface area contributed by atoms with Crippen LogP contribution < -0.4 is 16.0 Å². The summed E-state index contributed by atoms with van der Waals surface area (Å²) in [7, 11) is 0. The molecule has 0 aliphatic carbocycles. The molecular formula is C26H29N3O7. The monoisotopic (exact) mass is 495 g/mol. The first-order valence-electron chi connectivity index (χ1n) is 11.7. The van der Waals surface area contributed by atoms with Crippen LogP contribution in [0.2, 0.25) is 0 Å². The smallest absolute Gasteiger partial charge is 0.407 e. The Bertz CT molecular complexity index is 1140. The lowest BCUT2D eigenvalue weighted by Crippen LogP contribution is -2.52. The number of benzene rings is 2. The van der Waals surface area contributed by atoms with E-state index in [-0.39, 0.29) is 25.3 Å². The van der Waals surface area contributed by atoms with E-state index in [1.807, 2.05) is 36.4 Å². The summed E-state index contributed by atoms with van der Waals surface area (Å²) in [6.07, 6.45) is 1.05. The van der Waals surface area contributed by atoms with Crippen molar-refractivity contribution in [3.05, 3.63) is 72.0 Å². The van der Waals surface area contributed by atoms with Gasteiger partial charge in [0.15, 0.2) is 5.76 Å². The van der Waals surface area contributed by atoms with Crippen LogP contribution in [0.5, 0.6) is 0 Å². The van der Waals surface area contributed by atoms with Gasteiger partial charge in [-0.1, -0.05) is 55.0 Å². The zero-order valence-corrected chi connectivity index (χ0v) is 19.7. The number of carbonyl (C=O) groups excluding carboxylic acids is 3. The molecular weight excluding hydrogens is 466 g/mol. The minimum atomic E-state index is -1.09. The SMILES string of the molecule is O=C(O)CCCCCNC(=O)[C@H](CNC(=O)OCc1ccccc1)NC(=O)c1cc2ccccc2o1. The molecule has 10 heteroatoms. The molecule has 0 bridgehead atoms. The maximum atomic E-state index is 12.8. The summed E-state index contributed by atoms with van der Waals surface area (Å²) < 4.78 is 10.7. The maximum absolute atomic E-state index is 12.8. The van der Waals surface area contributed by atoms with E-state index in [1.165, 1.54) is 0 Å². The molecule has 0 unspecified atom stereocenters. The van der Waals surface area contributed by atoms with Crippen molar-refractivity contribution in [2.24, 2.45) is 0 Å². The Balaban J connectivity index is 1.55. The number of unbranched alkanes of at least 4 members (excludes halogenated alkanes) is 2. The number of ether oxygens (including phenoxy) is 1. The number of alkyl carbamates (subject to hydrolysis) is 1. The molecule has 10 nitrogen and oxygen atoms in total. The van der Waals surface area contributed by atoms with Crippen LogP contribution in [0, 0.1) is 0 Å². The minimum absolute atomic E-state index is 0.0364. The molecule has 3 aromatic rings. The summed E-state index contributed by atoms with van der Waals surface area (Å²) in [5, 5.41) is 17.3. The number of carbonyl (C=O) groups is 4. The normalized spacial score (nSPS) is 11.4. The number of para-hydroxylation sites is 1. The molecule has 4 N–H and O–H groups in total. The molecule has 0 aliphatic rings. The predicted molar refractivity (Wildman–Crippen MR) is 131 cm³/mol. The van der Waals surface area contributed by atoms with Gasteiger partial charge in [0.05, 0.1) is 6.54 Å². The molecule has 36 heavy (non-hydrogen) atoms. The number of nitrogens with one attached hydrogen (secondary N) is 3. The molecule has 3 rings (SSSR count). The number of amides is 3. The lowest BCUT2D eigenvalue weighted by atomic mass is 10.2. The van der Waals surface area contributed by atoms with Crippen molar-refractivity contribution in [1.82, 2.24) is 16.0 Å². The largest absolute Gasteiger partial charge is 0.481 e. The van der Waals surface area contributed by atoms with E-state index in [1.54, 1.807) is 24.3 Å². The first-order chi connectivity index (χ1) is 17.4. The molecule has 0 saturated carbocycles. The van der Waals surface area contributed by atoms with Gasteiger partial charge >= 0.3 is 12.1 Å². The molecule has 3 amide bonds. The summed E-state index contributed by atoms with van der Waals surface area (Å²) in [4.78, 5) is 48.3. The topological polar surface area (TPSA) is 147 Å². The van der Waals surface area contributed by atoms with Crippen molar-refractivity contribution >= 4 is 34.8 Å². The van der Waals surface area contributed by atoms with Crippen molar-refractivity contribution in [3.63, 3.8) is 0 Å². The van der Waals surface area contributed by atoms with Crippen LogP contribution in [0.25, 0.3) is 11.0 Å². The van der Waals surface area contributed by atoms with E-state index in [9.17, 15) is 19.2 Å². The fourth-order valence-corrected chi connectivity index (χ4v) is 3.40. The summed E-state index contributed by atoms with van der Waals surface area (Å²) in [5.41, 5.74) is 1.34. The molecule has 190 valence electrons. The standard InChI is InChI=1S/C26H29N3O7/c30-23(31)13-5-2-8-14-27-24(32)20(16-28-26(34)35-17-18-9-3-1-4-10-18)29-25(33)22-15-19-11-6-7-12-21(19)36-22/h1,3-4,6-7,9-12,15,20H,2,5,8,13-14,16-17H2,(H,27,32)(H,28,34)(H,29,33)(H,30,31)/t20-/m0/s1. The van der Waals surface area contributed by atoms with Crippen molar-refractivity contribution < 1.29 is 33.4 Å². The number of aliphatic carboxylic acids is 1. The average Bonchev–Trinajstić information content (AvgIpc) is 3.32. The molecule has 0 radical (unpaired) electrons. The Morgan fingerprint density at radius 2 is 1.67 bits per heavy atom. The highest BCUT2D eigenvalue weighted by atomic mass is 16.5. The number of carboxylic acid groups (broad SMARTS) is 1. The highest BCUT2D eigenvalue weighted by molar-refractivity contribution is 5.98. The van der Waals surface area contributed by atoms with E-state index in [4.69, 9.17) is 14.3 Å². The van der Waals surface area contributed by atoms with Crippen molar-refractivity contribution in [2.45, 2.75) is 38.3 Å². The van der Waals surface area contributed by atoms with Gasteiger partial charge in [0.2, 0.25) is 5.91 Å². The average molecular weight is 496 g/mol. The number of carboxylic acids is 1. The van der Waals surface area contributed by atoms with Gasteiger partial charge in [-0.2, -0.15) is 0 Å². The Hall–Kier alpha value is -4.34. The van der Waals surface area contributed by atoms with Crippen LogP contribution in [0.4, 0.5) is 4.79 Å². The number of hydrogen-bond donors (Lipinski definition) is 4. The third-order valence-corrected chi connectivity index (χ3v) is 5.30. The zero-order valence-electron chi connectivity index (χ0n) is 19.7. The summed E-state index contributed by atoms with van der Waals surface area (Å²) in [6, 6.07) is 16.7. The van der Waals surface area contributed by atoms with Gasteiger partial charge in [-0.25, -0.2) is 4.79 Å². The molecule has 2 aromatic carbocycles.